The molecule has 0 aromatic rings. The molecular weight excluding hydrogens is 186 g/mol. The van der Waals surface area contributed by atoms with E-state index in [1.807, 2.05) is 0 Å². The molecule has 0 radical (unpaired) electrons. The van der Waals surface area contributed by atoms with Gasteiger partial charge in [0, 0.05) is 19.0 Å². The van der Waals surface area contributed by atoms with Crippen molar-refractivity contribution in [2.24, 2.45) is 0 Å². The lowest BCUT2D eigenvalue weighted by molar-refractivity contribution is 0.223. The predicted octanol–water partition coefficient (Wildman–Crippen LogP) is 2.00. The predicted molar refractivity (Wildman–Crippen MR) is 64.7 cm³/mol. The minimum atomic E-state index is 0.546. The van der Waals surface area contributed by atoms with Crippen LogP contribution in [0.25, 0.3) is 0 Å². The highest BCUT2D eigenvalue weighted by Crippen LogP contribution is 2.00. The van der Waals surface area contributed by atoms with E-state index in [-0.39, 0.29) is 0 Å². The van der Waals surface area contributed by atoms with Crippen molar-refractivity contribution in [3.05, 3.63) is 0 Å². The molecule has 0 saturated carbocycles. The molecule has 3 nitrogen and oxygen atoms in total. The van der Waals surface area contributed by atoms with Crippen molar-refractivity contribution >= 4 is 0 Å². The third-order valence-electron chi connectivity index (χ3n) is 2.47. The Morgan fingerprint density at radius 2 is 2.00 bits per heavy atom. The maximum Gasteiger partial charge on any atom is 0.0635 e. The van der Waals surface area contributed by atoms with E-state index < -0.39 is 0 Å². The molecule has 0 atom stereocenters. The molecule has 0 aliphatic heterocycles. The molecule has 0 amide bonds. The van der Waals surface area contributed by atoms with E-state index in [9.17, 15) is 0 Å². The molecular formula is C12H25N3. The summed E-state index contributed by atoms with van der Waals surface area (Å²) < 4.78 is 0. The van der Waals surface area contributed by atoms with Crippen LogP contribution < -0.4 is 5.32 Å². The summed E-state index contributed by atoms with van der Waals surface area (Å²) in [5.41, 5.74) is 0. The van der Waals surface area contributed by atoms with E-state index in [1.165, 1.54) is 12.8 Å². The van der Waals surface area contributed by atoms with Crippen LogP contribution in [-0.4, -0.2) is 37.1 Å². The molecule has 1 N–H and O–H groups in total. The molecule has 0 aliphatic rings. The molecule has 0 saturated heterocycles. The van der Waals surface area contributed by atoms with Crippen molar-refractivity contribution in [3.8, 4) is 6.07 Å². The Bertz CT molecular complexity index is 172. The fourth-order valence-corrected chi connectivity index (χ4v) is 1.53. The summed E-state index contributed by atoms with van der Waals surface area (Å²) >= 11 is 0. The number of nitrogens with zero attached hydrogens (tertiary/aromatic N) is 2. The molecule has 0 spiro atoms. The number of rotatable bonds is 9. The lowest BCUT2D eigenvalue weighted by atomic mass is 10.2. The Hall–Kier alpha value is -0.590. The molecule has 0 aromatic carbocycles. The van der Waals surface area contributed by atoms with Crippen LogP contribution in [0.4, 0.5) is 0 Å². The van der Waals surface area contributed by atoms with Crippen molar-refractivity contribution in [2.75, 3.05) is 26.2 Å². The van der Waals surface area contributed by atoms with Gasteiger partial charge in [-0.1, -0.05) is 6.92 Å². The molecule has 3 heteroatoms. The average molecular weight is 211 g/mol. The third kappa shape index (κ3) is 8.41. The molecule has 0 fully saturated rings. The van der Waals surface area contributed by atoms with Gasteiger partial charge in [0.2, 0.25) is 0 Å². The largest absolute Gasteiger partial charge is 0.317 e. The van der Waals surface area contributed by atoms with Crippen molar-refractivity contribution in [1.29, 1.82) is 5.26 Å². The van der Waals surface area contributed by atoms with Crippen LogP contribution >= 0.6 is 0 Å². The van der Waals surface area contributed by atoms with Crippen LogP contribution in [0, 0.1) is 11.3 Å². The van der Waals surface area contributed by atoms with Crippen LogP contribution in [0.2, 0.25) is 0 Å². The van der Waals surface area contributed by atoms with Crippen LogP contribution in [0.1, 0.15) is 40.0 Å². The van der Waals surface area contributed by atoms with E-state index >= 15 is 0 Å². The first-order valence-corrected chi connectivity index (χ1v) is 6.04. The number of hydrogen-bond donors (Lipinski definition) is 1. The summed E-state index contributed by atoms with van der Waals surface area (Å²) in [5.74, 6) is 0. The summed E-state index contributed by atoms with van der Waals surface area (Å²) in [5, 5.41) is 11.9. The lowest BCUT2D eigenvalue weighted by Crippen LogP contribution is -2.34. The summed E-state index contributed by atoms with van der Waals surface area (Å²) in [6, 6.07) is 2.75. The Morgan fingerprint density at radius 1 is 1.27 bits per heavy atom. The normalized spacial score (nSPS) is 10.9. The minimum absolute atomic E-state index is 0.546. The number of hydrogen-bond acceptors (Lipinski definition) is 3. The van der Waals surface area contributed by atoms with Crippen molar-refractivity contribution in [3.63, 3.8) is 0 Å². The highest BCUT2D eigenvalue weighted by atomic mass is 15.1. The molecule has 0 heterocycles. The summed E-state index contributed by atoms with van der Waals surface area (Å²) in [7, 11) is 0. The molecule has 0 aromatic heterocycles. The van der Waals surface area contributed by atoms with Gasteiger partial charge >= 0.3 is 0 Å². The first-order chi connectivity index (χ1) is 7.22. The molecule has 0 rings (SSSR count). The van der Waals surface area contributed by atoms with Gasteiger partial charge in [-0.2, -0.15) is 5.26 Å². The Morgan fingerprint density at radius 3 is 2.53 bits per heavy atom. The SMILES string of the molecule is CCCNCCCN(CCC#N)C(C)C. The number of nitriles is 1. The summed E-state index contributed by atoms with van der Waals surface area (Å²) in [4.78, 5) is 2.37. The van der Waals surface area contributed by atoms with E-state index in [2.05, 4.69) is 37.1 Å². The van der Waals surface area contributed by atoms with Gasteiger partial charge in [0.05, 0.1) is 6.07 Å². The Kier molecular flexibility index (Phi) is 9.55. The maximum atomic E-state index is 8.55. The first-order valence-electron chi connectivity index (χ1n) is 6.04. The zero-order valence-corrected chi connectivity index (χ0v) is 10.4. The van der Waals surface area contributed by atoms with Crippen molar-refractivity contribution < 1.29 is 0 Å². The molecule has 15 heavy (non-hydrogen) atoms. The molecule has 0 bridgehead atoms. The van der Waals surface area contributed by atoms with Gasteiger partial charge in [0.25, 0.3) is 0 Å². The minimum Gasteiger partial charge on any atom is -0.317 e. The third-order valence-corrected chi connectivity index (χ3v) is 2.47. The van der Waals surface area contributed by atoms with Crippen LogP contribution in [-0.2, 0) is 0 Å². The van der Waals surface area contributed by atoms with E-state index in [0.29, 0.717) is 12.5 Å². The monoisotopic (exact) mass is 211 g/mol. The second kappa shape index (κ2) is 9.95. The van der Waals surface area contributed by atoms with Crippen molar-refractivity contribution in [1.82, 2.24) is 10.2 Å². The summed E-state index contributed by atoms with van der Waals surface area (Å²) in [6.07, 6.45) is 3.01. The fourth-order valence-electron chi connectivity index (χ4n) is 1.53. The van der Waals surface area contributed by atoms with Crippen LogP contribution in [0.5, 0.6) is 0 Å². The standard InChI is InChI=1S/C12H25N3/c1-4-8-14-9-6-11-15(12(2)3)10-5-7-13/h12,14H,4-6,8-11H2,1-3H3. The molecule has 0 unspecified atom stereocenters. The second-order valence-electron chi connectivity index (χ2n) is 4.14. The quantitative estimate of drug-likeness (QED) is 0.593. The maximum absolute atomic E-state index is 8.55. The van der Waals surface area contributed by atoms with Gasteiger partial charge in [-0.25, -0.2) is 0 Å². The molecule has 0 aliphatic carbocycles. The molecule has 88 valence electrons. The van der Waals surface area contributed by atoms with Crippen LogP contribution in [0.15, 0.2) is 0 Å². The van der Waals surface area contributed by atoms with E-state index in [1.54, 1.807) is 0 Å². The average Bonchev–Trinajstić information content (AvgIpc) is 2.21. The lowest BCUT2D eigenvalue weighted by Gasteiger charge is -2.25. The van der Waals surface area contributed by atoms with Gasteiger partial charge in [-0.3, -0.25) is 4.90 Å². The second-order valence-corrected chi connectivity index (χ2v) is 4.14. The Labute approximate surface area is 94.5 Å². The van der Waals surface area contributed by atoms with E-state index in [0.717, 1.165) is 26.2 Å². The highest BCUT2D eigenvalue weighted by Gasteiger charge is 2.07. The Balaban J connectivity index is 3.53. The van der Waals surface area contributed by atoms with Gasteiger partial charge in [-0.05, 0) is 46.3 Å². The van der Waals surface area contributed by atoms with Gasteiger partial charge in [0.15, 0.2) is 0 Å². The fraction of sp³-hybridized carbons (Fsp3) is 0.917. The topological polar surface area (TPSA) is 39.1 Å². The van der Waals surface area contributed by atoms with Gasteiger partial charge in [0.1, 0.15) is 0 Å². The van der Waals surface area contributed by atoms with Gasteiger partial charge in [-0.15, -0.1) is 0 Å². The van der Waals surface area contributed by atoms with Crippen LogP contribution in [0.3, 0.4) is 0 Å². The smallest absolute Gasteiger partial charge is 0.0635 e. The van der Waals surface area contributed by atoms with Crippen molar-refractivity contribution in [2.45, 2.75) is 46.1 Å². The zero-order valence-electron chi connectivity index (χ0n) is 10.4. The first kappa shape index (κ1) is 14.4. The summed E-state index contributed by atoms with van der Waals surface area (Å²) in [6.45, 7) is 10.8. The highest BCUT2D eigenvalue weighted by molar-refractivity contribution is 4.74. The van der Waals surface area contributed by atoms with Gasteiger partial charge < -0.3 is 5.32 Å². The number of nitrogens with one attached hydrogen (secondary N) is 1. The zero-order chi connectivity index (χ0) is 11.5. The van der Waals surface area contributed by atoms with E-state index in [4.69, 9.17) is 5.26 Å².